The zero-order valence-electron chi connectivity index (χ0n) is 11.7. The lowest BCUT2D eigenvalue weighted by Gasteiger charge is -2.19. The molecule has 0 aliphatic heterocycles. The van der Waals surface area contributed by atoms with Crippen molar-refractivity contribution in [2.24, 2.45) is 0 Å². The van der Waals surface area contributed by atoms with E-state index >= 15 is 0 Å². The van der Waals surface area contributed by atoms with Crippen LogP contribution in [-0.4, -0.2) is 11.9 Å². The molecule has 0 radical (unpaired) electrons. The molecule has 0 aromatic heterocycles. The summed E-state index contributed by atoms with van der Waals surface area (Å²) in [6, 6.07) is 8.03. The van der Waals surface area contributed by atoms with Gasteiger partial charge in [0.05, 0.1) is 0 Å². The van der Waals surface area contributed by atoms with E-state index in [1.54, 1.807) is 0 Å². The average Bonchev–Trinajstić information content (AvgIpc) is 2.33. The Morgan fingerprint density at radius 3 is 2.16 bits per heavy atom. The predicted molar refractivity (Wildman–Crippen MR) is 71.2 cm³/mol. The van der Waals surface area contributed by atoms with Crippen molar-refractivity contribution < 1.29 is 14.7 Å². The van der Waals surface area contributed by atoms with Gasteiger partial charge in [-0.15, -0.1) is 0 Å². The quantitative estimate of drug-likeness (QED) is 0.864. The van der Waals surface area contributed by atoms with Gasteiger partial charge in [-0.3, -0.25) is 4.79 Å². The standard InChI is InChI=1S/C15H21NO3/c1-15(2,3)12-6-4-11(5-7-12)10-16-13(17)8-9-14(18)19/h4-7H,8-10H2,1-3H3,(H,16,17)(H,18,19)/p-1. The van der Waals surface area contributed by atoms with Crippen LogP contribution in [0.5, 0.6) is 0 Å². The number of carbonyl (C=O) groups is 2. The highest BCUT2D eigenvalue weighted by molar-refractivity contribution is 5.79. The summed E-state index contributed by atoms with van der Waals surface area (Å²) in [4.78, 5) is 21.6. The molecule has 0 aliphatic carbocycles. The van der Waals surface area contributed by atoms with Gasteiger partial charge in [0.15, 0.2) is 0 Å². The maximum Gasteiger partial charge on any atom is 0.220 e. The molecule has 1 N–H and O–H groups in total. The zero-order valence-corrected chi connectivity index (χ0v) is 11.7. The van der Waals surface area contributed by atoms with Crippen molar-refractivity contribution in [3.8, 4) is 0 Å². The summed E-state index contributed by atoms with van der Waals surface area (Å²) in [6.07, 6.45) is -0.281. The Labute approximate surface area is 113 Å². The molecule has 0 unspecified atom stereocenters. The number of benzene rings is 1. The van der Waals surface area contributed by atoms with E-state index in [2.05, 4.69) is 26.1 Å². The van der Waals surface area contributed by atoms with Gasteiger partial charge >= 0.3 is 0 Å². The van der Waals surface area contributed by atoms with Crippen LogP contribution >= 0.6 is 0 Å². The summed E-state index contributed by atoms with van der Waals surface area (Å²) in [6.45, 7) is 6.84. The van der Waals surface area contributed by atoms with Crippen molar-refractivity contribution in [2.75, 3.05) is 0 Å². The van der Waals surface area contributed by atoms with E-state index in [1.165, 1.54) is 5.56 Å². The first kappa shape index (κ1) is 15.2. The fraction of sp³-hybridized carbons (Fsp3) is 0.467. The molecule has 0 fully saturated rings. The fourth-order valence-electron chi connectivity index (χ4n) is 1.63. The van der Waals surface area contributed by atoms with E-state index in [1.807, 2.05) is 24.3 Å². The zero-order chi connectivity index (χ0) is 14.5. The first-order valence-electron chi connectivity index (χ1n) is 6.35. The molecule has 104 valence electrons. The number of nitrogens with one attached hydrogen (secondary N) is 1. The Balaban J connectivity index is 2.46. The van der Waals surface area contributed by atoms with Gasteiger partial charge in [-0.25, -0.2) is 0 Å². The van der Waals surface area contributed by atoms with Gasteiger partial charge in [0.2, 0.25) is 5.91 Å². The minimum atomic E-state index is -1.20. The molecule has 19 heavy (non-hydrogen) atoms. The number of carbonyl (C=O) groups excluding carboxylic acids is 2. The summed E-state index contributed by atoms with van der Waals surface area (Å²) in [5, 5.41) is 12.9. The largest absolute Gasteiger partial charge is 0.550 e. The molecule has 0 atom stereocenters. The van der Waals surface area contributed by atoms with E-state index in [9.17, 15) is 14.7 Å². The van der Waals surface area contributed by atoms with Gasteiger partial charge in [0.1, 0.15) is 0 Å². The normalized spacial score (nSPS) is 11.1. The summed E-state index contributed by atoms with van der Waals surface area (Å²) in [5.41, 5.74) is 2.34. The van der Waals surface area contributed by atoms with Gasteiger partial charge in [-0.2, -0.15) is 0 Å². The molecule has 1 aromatic rings. The molecule has 1 rings (SSSR count). The molecule has 1 amide bonds. The second kappa shape index (κ2) is 6.36. The van der Waals surface area contributed by atoms with Crippen LogP contribution in [0.3, 0.4) is 0 Å². The summed E-state index contributed by atoms with van der Waals surface area (Å²) in [7, 11) is 0. The van der Waals surface area contributed by atoms with Gasteiger partial charge in [0, 0.05) is 18.9 Å². The third-order valence-electron chi connectivity index (χ3n) is 2.87. The Kier molecular flexibility index (Phi) is 5.10. The molecule has 0 aliphatic rings. The maximum absolute atomic E-state index is 11.3. The second-order valence-electron chi connectivity index (χ2n) is 5.60. The second-order valence-corrected chi connectivity index (χ2v) is 5.60. The lowest BCUT2D eigenvalue weighted by molar-refractivity contribution is -0.305. The highest BCUT2D eigenvalue weighted by Crippen LogP contribution is 2.22. The monoisotopic (exact) mass is 262 g/mol. The highest BCUT2D eigenvalue weighted by Gasteiger charge is 2.12. The lowest BCUT2D eigenvalue weighted by atomic mass is 9.87. The summed E-state index contributed by atoms with van der Waals surface area (Å²) >= 11 is 0. The van der Waals surface area contributed by atoms with Crippen LogP contribution in [0.1, 0.15) is 44.7 Å². The highest BCUT2D eigenvalue weighted by atomic mass is 16.4. The SMILES string of the molecule is CC(C)(C)c1ccc(CNC(=O)CCC(=O)[O-])cc1. The fourth-order valence-corrected chi connectivity index (χ4v) is 1.63. The predicted octanol–water partition coefficient (Wildman–Crippen LogP) is 1.13. The molecule has 0 bridgehead atoms. The van der Waals surface area contributed by atoms with Crippen molar-refractivity contribution in [1.29, 1.82) is 0 Å². The first-order valence-corrected chi connectivity index (χ1v) is 6.35. The lowest BCUT2D eigenvalue weighted by Crippen LogP contribution is -2.27. The average molecular weight is 262 g/mol. The topological polar surface area (TPSA) is 69.2 Å². The number of aliphatic carboxylic acids is 1. The number of rotatable bonds is 5. The van der Waals surface area contributed by atoms with E-state index in [0.717, 1.165) is 5.56 Å². The van der Waals surface area contributed by atoms with Gasteiger partial charge in [0.25, 0.3) is 0 Å². The third-order valence-corrected chi connectivity index (χ3v) is 2.87. The molecule has 4 heteroatoms. The van der Waals surface area contributed by atoms with E-state index < -0.39 is 5.97 Å². The molecule has 0 saturated heterocycles. The maximum atomic E-state index is 11.3. The molecule has 0 spiro atoms. The smallest absolute Gasteiger partial charge is 0.220 e. The van der Waals surface area contributed by atoms with Crippen molar-refractivity contribution in [3.63, 3.8) is 0 Å². The molecule has 4 nitrogen and oxygen atoms in total. The van der Waals surface area contributed by atoms with Gasteiger partial charge in [-0.1, -0.05) is 45.0 Å². The van der Waals surface area contributed by atoms with Crippen LogP contribution < -0.4 is 10.4 Å². The first-order chi connectivity index (χ1) is 8.79. The van der Waals surface area contributed by atoms with Crippen molar-refractivity contribution >= 4 is 11.9 Å². The Hall–Kier alpha value is -1.84. The summed E-state index contributed by atoms with van der Waals surface area (Å²) in [5.74, 6) is -1.48. The van der Waals surface area contributed by atoms with Gasteiger partial charge < -0.3 is 15.2 Å². The van der Waals surface area contributed by atoms with Crippen LogP contribution in [0.25, 0.3) is 0 Å². The number of carboxylic acids is 1. The molecule has 1 aromatic carbocycles. The molecular formula is C15H20NO3-. The van der Waals surface area contributed by atoms with Crippen LogP contribution in [0.2, 0.25) is 0 Å². The number of amides is 1. The van der Waals surface area contributed by atoms with Crippen LogP contribution in [0.4, 0.5) is 0 Å². The van der Waals surface area contributed by atoms with Crippen LogP contribution in [0.15, 0.2) is 24.3 Å². The van der Waals surface area contributed by atoms with E-state index in [-0.39, 0.29) is 24.2 Å². The molecular weight excluding hydrogens is 242 g/mol. The Morgan fingerprint density at radius 2 is 1.68 bits per heavy atom. The number of hydrogen-bond donors (Lipinski definition) is 1. The van der Waals surface area contributed by atoms with Crippen LogP contribution in [0, 0.1) is 0 Å². The molecule has 0 saturated carbocycles. The minimum Gasteiger partial charge on any atom is -0.550 e. The third kappa shape index (κ3) is 5.55. The summed E-state index contributed by atoms with van der Waals surface area (Å²) < 4.78 is 0. The van der Waals surface area contributed by atoms with Crippen molar-refractivity contribution in [2.45, 2.75) is 45.6 Å². The minimum absolute atomic E-state index is 0.0393. The van der Waals surface area contributed by atoms with Crippen LogP contribution in [-0.2, 0) is 21.5 Å². The van der Waals surface area contributed by atoms with E-state index in [4.69, 9.17) is 0 Å². The van der Waals surface area contributed by atoms with Gasteiger partial charge in [-0.05, 0) is 23.0 Å². The Morgan fingerprint density at radius 1 is 1.11 bits per heavy atom. The number of carboxylic acid groups (broad SMARTS) is 1. The molecule has 0 heterocycles. The Bertz CT molecular complexity index is 443. The van der Waals surface area contributed by atoms with E-state index in [0.29, 0.717) is 6.54 Å². The van der Waals surface area contributed by atoms with Crippen molar-refractivity contribution in [3.05, 3.63) is 35.4 Å². The van der Waals surface area contributed by atoms with Crippen molar-refractivity contribution in [1.82, 2.24) is 5.32 Å². The number of hydrogen-bond acceptors (Lipinski definition) is 3.